The number of rotatable bonds is 8. The van der Waals surface area contributed by atoms with Crippen LogP contribution in [0.15, 0.2) is 42.5 Å². The predicted molar refractivity (Wildman–Crippen MR) is 107 cm³/mol. The maximum absolute atomic E-state index is 13.4. The van der Waals surface area contributed by atoms with E-state index in [0.29, 0.717) is 31.9 Å². The third-order valence-corrected chi connectivity index (χ3v) is 4.61. The van der Waals surface area contributed by atoms with Gasteiger partial charge in [0.05, 0.1) is 18.1 Å². The molecule has 0 spiro atoms. The van der Waals surface area contributed by atoms with Crippen molar-refractivity contribution in [2.45, 2.75) is 13.0 Å². The summed E-state index contributed by atoms with van der Waals surface area (Å²) in [5, 5.41) is 16.8. The second-order valence-corrected chi connectivity index (χ2v) is 6.72. The van der Waals surface area contributed by atoms with Crippen LogP contribution in [0.5, 0.6) is 0 Å². The highest BCUT2D eigenvalue weighted by atomic mass is 19.1. The molecule has 2 N–H and O–H groups in total. The second kappa shape index (κ2) is 9.94. The molecule has 154 valence electrons. The minimum atomic E-state index is -0.563. The van der Waals surface area contributed by atoms with Crippen molar-refractivity contribution in [3.05, 3.63) is 64.0 Å². The van der Waals surface area contributed by atoms with Crippen LogP contribution in [0.1, 0.15) is 12.0 Å². The lowest BCUT2D eigenvalue weighted by Crippen LogP contribution is -2.38. The number of nitrogens with zero attached hydrogens (tertiary/aromatic N) is 2. The van der Waals surface area contributed by atoms with E-state index in [4.69, 9.17) is 4.74 Å². The monoisotopic (exact) mass is 402 g/mol. The number of nitro benzene ring substituents is 1. The van der Waals surface area contributed by atoms with Gasteiger partial charge in [0.25, 0.3) is 5.69 Å². The van der Waals surface area contributed by atoms with E-state index in [0.717, 1.165) is 36.9 Å². The number of carbonyl (C=O) groups excluding carboxylic acids is 1. The van der Waals surface area contributed by atoms with Gasteiger partial charge in [-0.2, -0.15) is 0 Å². The Kier molecular flexibility index (Phi) is 7.09. The Bertz CT molecular complexity index is 871. The Morgan fingerprint density at radius 2 is 2.00 bits per heavy atom. The van der Waals surface area contributed by atoms with Gasteiger partial charge >= 0.3 is 0 Å². The first kappa shape index (κ1) is 20.7. The maximum Gasteiger partial charge on any atom is 0.292 e. The average Bonchev–Trinajstić information content (AvgIpc) is 2.71. The summed E-state index contributed by atoms with van der Waals surface area (Å²) in [5.74, 6) is -0.637. The molecule has 0 aromatic heterocycles. The van der Waals surface area contributed by atoms with Crippen LogP contribution < -0.4 is 10.6 Å². The lowest BCUT2D eigenvalue weighted by atomic mass is 10.2. The minimum Gasteiger partial charge on any atom is -0.379 e. The number of morpholine rings is 1. The van der Waals surface area contributed by atoms with E-state index in [2.05, 4.69) is 15.5 Å². The second-order valence-electron chi connectivity index (χ2n) is 6.72. The largest absolute Gasteiger partial charge is 0.379 e. The molecule has 1 fully saturated rings. The van der Waals surface area contributed by atoms with E-state index in [1.807, 2.05) is 6.07 Å². The van der Waals surface area contributed by atoms with Crippen LogP contribution in [0.2, 0.25) is 0 Å². The van der Waals surface area contributed by atoms with Crippen molar-refractivity contribution < 1.29 is 18.8 Å². The highest BCUT2D eigenvalue weighted by Gasteiger charge is 2.15. The molecule has 1 aliphatic rings. The Hall–Kier alpha value is -3.04. The molecule has 0 bridgehead atoms. The predicted octanol–water partition coefficient (Wildman–Crippen LogP) is 3.01. The van der Waals surface area contributed by atoms with Crippen molar-refractivity contribution >= 4 is 23.0 Å². The molecule has 1 heterocycles. The number of halogens is 1. The average molecular weight is 402 g/mol. The molecule has 8 nitrogen and oxygen atoms in total. The van der Waals surface area contributed by atoms with Gasteiger partial charge < -0.3 is 15.4 Å². The summed E-state index contributed by atoms with van der Waals surface area (Å²) >= 11 is 0. The van der Waals surface area contributed by atoms with E-state index in [1.165, 1.54) is 0 Å². The van der Waals surface area contributed by atoms with Crippen LogP contribution in [-0.2, 0) is 16.1 Å². The molecule has 1 saturated heterocycles. The van der Waals surface area contributed by atoms with Crippen molar-refractivity contribution in [2.75, 3.05) is 43.5 Å². The van der Waals surface area contributed by atoms with E-state index in [-0.39, 0.29) is 23.8 Å². The molecule has 29 heavy (non-hydrogen) atoms. The molecular weight excluding hydrogens is 379 g/mol. The van der Waals surface area contributed by atoms with Gasteiger partial charge in [-0.1, -0.05) is 12.1 Å². The van der Waals surface area contributed by atoms with Crippen molar-refractivity contribution in [2.24, 2.45) is 0 Å². The molecule has 2 aromatic carbocycles. The van der Waals surface area contributed by atoms with Crippen LogP contribution in [0.25, 0.3) is 0 Å². The zero-order valence-electron chi connectivity index (χ0n) is 15.9. The lowest BCUT2D eigenvalue weighted by Gasteiger charge is -2.26. The fourth-order valence-corrected chi connectivity index (χ4v) is 3.07. The van der Waals surface area contributed by atoms with E-state index in [1.54, 1.807) is 18.2 Å². The number of amides is 1. The van der Waals surface area contributed by atoms with E-state index >= 15 is 0 Å². The third kappa shape index (κ3) is 6.23. The summed E-state index contributed by atoms with van der Waals surface area (Å²) in [7, 11) is 0. The van der Waals surface area contributed by atoms with Crippen LogP contribution in [0.3, 0.4) is 0 Å². The van der Waals surface area contributed by atoms with Gasteiger partial charge in [-0.15, -0.1) is 0 Å². The standard InChI is InChI=1S/C20H23FN4O4/c21-16-4-5-19(25(27)28)18(13-16)22-14-15-2-1-3-17(12-15)23-20(26)6-7-24-8-10-29-11-9-24/h1-5,12-13,22H,6-11,14H2,(H,23,26). The molecule has 3 rings (SSSR count). The summed E-state index contributed by atoms with van der Waals surface area (Å²) in [6, 6.07) is 10.4. The van der Waals surface area contributed by atoms with Crippen LogP contribution in [0, 0.1) is 15.9 Å². The number of ether oxygens (including phenoxy) is 1. The molecule has 0 atom stereocenters. The molecular formula is C20H23FN4O4. The number of nitro groups is 1. The molecule has 1 amide bonds. The summed E-state index contributed by atoms with van der Waals surface area (Å²) in [4.78, 5) is 24.9. The fourth-order valence-electron chi connectivity index (χ4n) is 3.07. The summed E-state index contributed by atoms with van der Waals surface area (Å²) in [6.07, 6.45) is 0.387. The number of hydrogen-bond donors (Lipinski definition) is 2. The zero-order chi connectivity index (χ0) is 20.6. The minimum absolute atomic E-state index is 0.0811. The van der Waals surface area contributed by atoms with Crippen molar-refractivity contribution in [3.63, 3.8) is 0 Å². The number of carbonyl (C=O) groups is 1. The van der Waals surface area contributed by atoms with Gasteiger partial charge in [0.1, 0.15) is 11.5 Å². The Morgan fingerprint density at radius 1 is 1.21 bits per heavy atom. The number of benzene rings is 2. The molecule has 0 unspecified atom stereocenters. The first-order valence-corrected chi connectivity index (χ1v) is 9.38. The normalized spacial score (nSPS) is 14.4. The zero-order valence-corrected chi connectivity index (χ0v) is 15.9. The van der Waals surface area contributed by atoms with Crippen molar-refractivity contribution in [3.8, 4) is 0 Å². The van der Waals surface area contributed by atoms with Gasteiger partial charge in [-0.25, -0.2) is 4.39 Å². The Balaban J connectivity index is 1.55. The molecule has 0 saturated carbocycles. The third-order valence-electron chi connectivity index (χ3n) is 4.61. The number of anilines is 2. The molecule has 2 aromatic rings. The topological polar surface area (TPSA) is 96.7 Å². The molecule has 0 radical (unpaired) electrons. The van der Waals surface area contributed by atoms with Crippen LogP contribution >= 0.6 is 0 Å². The van der Waals surface area contributed by atoms with Crippen LogP contribution in [0.4, 0.5) is 21.5 Å². The maximum atomic E-state index is 13.4. The molecule has 1 aliphatic heterocycles. The van der Waals surface area contributed by atoms with Gasteiger partial charge in [-0.3, -0.25) is 19.8 Å². The van der Waals surface area contributed by atoms with Gasteiger partial charge in [0.15, 0.2) is 0 Å². The smallest absolute Gasteiger partial charge is 0.292 e. The molecule has 0 aliphatic carbocycles. The Morgan fingerprint density at radius 3 is 2.76 bits per heavy atom. The van der Waals surface area contributed by atoms with Crippen molar-refractivity contribution in [1.29, 1.82) is 0 Å². The quantitative estimate of drug-likeness (QED) is 0.520. The summed E-state index contributed by atoms with van der Waals surface area (Å²) in [6.45, 7) is 3.99. The summed E-state index contributed by atoms with van der Waals surface area (Å²) < 4.78 is 18.7. The first-order chi connectivity index (χ1) is 14.0. The van der Waals surface area contributed by atoms with E-state index < -0.39 is 10.7 Å². The number of hydrogen-bond acceptors (Lipinski definition) is 6. The lowest BCUT2D eigenvalue weighted by molar-refractivity contribution is -0.384. The summed E-state index contributed by atoms with van der Waals surface area (Å²) in [5.41, 5.74) is 1.36. The molecule has 9 heteroatoms. The fraction of sp³-hybridized carbons (Fsp3) is 0.350. The van der Waals surface area contributed by atoms with Gasteiger partial charge in [0.2, 0.25) is 5.91 Å². The highest BCUT2D eigenvalue weighted by Crippen LogP contribution is 2.25. The van der Waals surface area contributed by atoms with Crippen LogP contribution in [-0.4, -0.2) is 48.6 Å². The van der Waals surface area contributed by atoms with Crippen molar-refractivity contribution in [1.82, 2.24) is 4.90 Å². The van der Waals surface area contributed by atoms with E-state index in [9.17, 15) is 19.3 Å². The first-order valence-electron chi connectivity index (χ1n) is 9.38. The van der Waals surface area contributed by atoms with Gasteiger partial charge in [-0.05, 0) is 23.8 Å². The Labute approximate surface area is 167 Å². The van der Waals surface area contributed by atoms with Gasteiger partial charge in [0, 0.05) is 50.4 Å². The highest BCUT2D eigenvalue weighted by molar-refractivity contribution is 5.90. The number of nitrogens with one attached hydrogen (secondary N) is 2. The SMILES string of the molecule is O=C(CCN1CCOCC1)Nc1cccc(CNc2cc(F)ccc2[N+](=O)[O-])c1.